The summed E-state index contributed by atoms with van der Waals surface area (Å²) in [5.41, 5.74) is 7.36. The number of halogens is 1. The Labute approximate surface area is 87.5 Å². The van der Waals surface area contributed by atoms with E-state index >= 15 is 0 Å². The molecule has 0 saturated heterocycles. The van der Waals surface area contributed by atoms with Crippen LogP contribution < -0.4 is 5.73 Å². The third kappa shape index (κ3) is 1.49. The number of aromatic nitrogens is 2. The van der Waals surface area contributed by atoms with Gasteiger partial charge in [0, 0.05) is 24.9 Å². The van der Waals surface area contributed by atoms with Crippen molar-refractivity contribution in [3.05, 3.63) is 35.2 Å². The minimum Gasteiger partial charge on any atom is -0.330 e. The molecule has 0 saturated carbocycles. The van der Waals surface area contributed by atoms with Crippen molar-refractivity contribution in [2.75, 3.05) is 6.54 Å². The number of hydrogen-bond donors (Lipinski definition) is 1. The Morgan fingerprint density at radius 1 is 1.64 bits per heavy atom. The smallest absolute Gasteiger partial charge is 0.155 e. The SMILES string of the molecule is CC(CN)c1cn2cccc(Cl)c2n1. The van der Waals surface area contributed by atoms with E-state index in [0.717, 1.165) is 11.3 Å². The van der Waals surface area contributed by atoms with Gasteiger partial charge in [0.1, 0.15) is 0 Å². The standard InChI is InChI=1S/C10H12ClN3/c1-7(5-12)9-6-14-4-2-3-8(11)10(14)13-9/h2-4,6-7H,5,12H2,1H3. The second kappa shape index (κ2) is 3.59. The van der Waals surface area contributed by atoms with Crippen LogP contribution in [0.2, 0.25) is 5.02 Å². The Hall–Kier alpha value is -1.06. The molecule has 4 heteroatoms. The summed E-state index contributed by atoms with van der Waals surface area (Å²) in [4.78, 5) is 4.43. The van der Waals surface area contributed by atoms with Gasteiger partial charge >= 0.3 is 0 Å². The fourth-order valence-corrected chi connectivity index (χ4v) is 1.57. The van der Waals surface area contributed by atoms with Gasteiger partial charge in [0.25, 0.3) is 0 Å². The van der Waals surface area contributed by atoms with Crippen molar-refractivity contribution in [1.29, 1.82) is 0 Å². The lowest BCUT2D eigenvalue weighted by molar-refractivity contribution is 0.752. The predicted molar refractivity (Wildman–Crippen MR) is 57.7 cm³/mol. The van der Waals surface area contributed by atoms with Gasteiger partial charge in [0.15, 0.2) is 5.65 Å². The number of nitrogens with two attached hydrogens (primary N) is 1. The molecular weight excluding hydrogens is 198 g/mol. The average Bonchev–Trinajstić information content (AvgIpc) is 2.62. The Morgan fingerprint density at radius 2 is 2.43 bits per heavy atom. The van der Waals surface area contributed by atoms with E-state index in [1.165, 1.54) is 0 Å². The van der Waals surface area contributed by atoms with E-state index in [-0.39, 0.29) is 5.92 Å². The Kier molecular flexibility index (Phi) is 2.44. The van der Waals surface area contributed by atoms with E-state index in [9.17, 15) is 0 Å². The van der Waals surface area contributed by atoms with Crippen LogP contribution >= 0.6 is 11.6 Å². The maximum absolute atomic E-state index is 6.00. The van der Waals surface area contributed by atoms with Crippen molar-refractivity contribution >= 4 is 17.2 Å². The molecule has 0 aliphatic rings. The van der Waals surface area contributed by atoms with Gasteiger partial charge in [0.05, 0.1) is 10.7 Å². The Balaban J connectivity index is 2.56. The van der Waals surface area contributed by atoms with E-state index in [1.807, 2.05) is 28.9 Å². The molecule has 0 aliphatic carbocycles. The number of nitrogens with zero attached hydrogens (tertiary/aromatic N) is 2. The van der Waals surface area contributed by atoms with Crippen LogP contribution in [-0.2, 0) is 0 Å². The number of pyridine rings is 1. The zero-order valence-electron chi connectivity index (χ0n) is 7.94. The molecule has 2 rings (SSSR count). The minimum atomic E-state index is 0.269. The quantitative estimate of drug-likeness (QED) is 0.823. The molecule has 2 N–H and O–H groups in total. The van der Waals surface area contributed by atoms with Crippen molar-refractivity contribution < 1.29 is 0 Å². The van der Waals surface area contributed by atoms with Gasteiger partial charge in [-0.05, 0) is 12.1 Å². The van der Waals surface area contributed by atoms with Crippen LogP contribution in [0.15, 0.2) is 24.5 Å². The lowest BCUT2D eigenvalue weighted by Gasteiger charge is -2.01. The monoisotopic (exact) mass is 209 g/mol. The maximum atomic E-state index is 6.00. The second-order valence-electron chi connectivity index (χ2n) is 3.39. The van der Waals surface area contributed by atoms with Crippen LogP contribution in [0.4, 0.5) is 0 Å². The van der Waals surface area contributed by atoms with E-state index in [0.29, 0.717) is 11.6 Å². The first kappa shape index (κ1) is 9.49. The third-order valence-corrected chi connectivity index (χ3v) is 2.61. The zero-order valence-corrected chi connectivity index (χ0v) is 8.70. The van der Waals surface area contributed by atoms with Gasteiger partial charge in [-0.3, -0.25) is 0 Å². The normalized spacial score (nSPS) is 13.4. The highest BCUT2D eigenvalue weighted by Crippen LogP contribution is 2.19. The third-order valence-electron chi connectivity index (χ3n) is 2.31. The summed E-state index contributed by atoms with van der Waals surface area (Å²) < 4.78 is 1.92. The second-order valence-corrected chi connectivity index (χ2v) is 3.80. The number of hydrogen-bond acceptors (Lipinski definition) is 2. The van der Waals surface area contributed by atoms with Crippen LogP contribution in [0, 0.1) is 0 Å². The van der Waals surface area contributed by atoms with Crippen LogP contribution in [0.25, 0.3) is 5.65 Å². The summed E-state index contributed by atoms with van der Waals surface area (Å²) in [5, 5.41) is 0.669. The fraction of sp³-hybridized carbons (Fsp3) is 0.300. The summed E-state index contributed by atoms with van der Waals surface area (Å²) in [6.45, 7) is 2.65. The van der Waals surface area contributed by atoms with Crippen LogP contribution in [0.3, 0.4) is 0 Å². The highest BCUT2D eigenvalue weighted by molar-refractivity contribution is 6.33. The lowest BCUT2D eigenvalue weighted by Crippen LogP contribution is -2.08. The molecule has 1 unspecified atom stereocenters. The Morgan fingerprint density at radius 3 is 3.07 bits per heavy atom. The Bertz CT molecular complexity index is 450. The predicted octanol–water partition coefficient (Wildman–Crippen LogP) is 2.05. The molecule has 74 valence electrons. The van der Waals surface area contributed by atoms with Gasteiger partial charge in [-0.15, -0.1) is 0 Å². The first-order chi connectivity index (χ1) is 6.72. The van der Waals surface area contributed by atoms with E-state index in [4.69, 9.17) is 17.3 Å². The van der Waals surface area contributed by atoms with E-state index in [2.05, 4.69) is 11.9 Å². The molecule has 2 aromatic heterocycles. The van der Waals surface area contributed by atoms with Crippen LogP contribution in [0.1, 0.15) is 18.5 Å². The summed E-state index contributed by atoms with van der Waals surface area (Å²) >= 11 is 6.00. The van der Waals surface area contributed by atoms with Crippen molar-refractivity contribution in [3.8, 4) is 0 Å². The molecule has 0 aromatic carbocycles. The van der Waals surface area contributed by atoms with Gasteiger partial charge in [-0.25, -0.2) is 4.98 Å². The molecule has 0 amide bonds. The molecule has 2 aromatic rings. The lowest BCUT2D eigenvalue weighted by atomic mass is 10.1. The molecule has 0 aliphatic heterocycles. The molecule has 0 radical (unpaired) electrons. The number of fused-ring (bicyclic) bond motifs is 1. The number of rotatable bonds is 2. The molecular formula is C10H12ClN3. The zero-order chi connectivity index (χ0) is 10.1. The summed E-state index contributed by atoms with van der Waals surface area (Å²) in [5.74, 6) is 0.269. The summed E-state index contributed by atoms with van der Waals surface area (Å²) in [7, 11) is 0. The van der Waals surface area contributed by atoms with Crippen LogP contribution in [-0.4, -0.2) is 15.9 Å². The topological polar surface area (TPSA) is 43.3 Å². The number of imidazole rings is 1. The van der Waals surface area contributed by atoms with E-state index in [1.54, 1.807) is 0 Å². The summed E-state index contributed by atoms with van der Waals surface area (Å²) in [6, 6.07) is 3.73. The molecule has 0 fully saturated rings. The van der Waals surface area contributed by atoms with Gasteiger partial charge in [0.2, 0.25) is 0 Å². The van der Waals surface area contributed by atoms with Crippen LogP contribution in [0.5, 0.6) is 0 Å². The molecule has 14 heavy (non-hydrogen) atoms. The van der Waals surface area contributed by atoms with Crippen molar-refractivity contribution in [2.45, 2.75) is 12.8 Å². The molecule has 0 spiro atoms. The highest BCUT2D eigenvalue weighted by Gasteiger charge is 2.09. The average molecular weight is 210 g/mol. The molecule has 0 bridgehead atoms. The molecule has 2 heterocycles. The van der Waals surface area contributed by atoms with Gasteiger partial charge in [-0.1, -0.05) is 18.5 Å². The first-order valence-corrected chi connectivity index (χ1v) is 4.93. The maximum Gasteiger partial charge on any atom is 0.155 e. The van der Waals surface area contributed by atoms with E-state index < -0.39 is 0 Å². The minimum absolute atomic E-state index is 0.269. The molecule has 3 nitrogen and oxygen atoms in total. The van der Waals surface area contributed by atoms with Crippen molar-refractivity contribution in [3.63, 3.8) is 0 Å². The molecule has 1 atom stereocenters. The van der Waals surface area contributed by atoms with Crippen molar-refractivity contribution in [2.24, 2.45) is 5.73 Å². The highest BCUT2D eigenvalue weighted by atomic mass is 35.5. The van der Waals surface area contributed by atoms with Gasteiger partial charge in [-0.2, -0.15) is 0 Å². The summed E-state index contributed by atoms with van der Waals surface area (Å²) in [6.07, 6.45) is 3.90. The van der Waals surface area contributed by atoms with Crippen molar-refractivity contribution in [1.82, 2.24) is 9.38 Å². The first-order valence-electron chi connectivity index (χ1n) is 4.55. The van der Waals surface area contributed by atoms with Gasteiger partial charge < -0.3 is 10.1 Å². The fourth-order valence-electron chi connectivity index (χ4n) is 1.36. The largest absolute Gasteiger partial charge is 0.330 e.